The lowest BCUT2D eigenvalue weighted by atomic mass is 10.4. The van der Waals surface area contributed by atoms with Crippen molar-refractivity contribution in [1.82, 2.24) is 14.9 Å². The molecule has 68 valence electrons. The number of nitrogens with zero attached hydrogens (tertiary/aromatic N) is 2. The van der Waals surface area contributed by atoms with Gasteiger partial charge in [0.2, 0.25) is 0 Å². The van der Waals surface area contributed by atoms with Gasteiger partial charge in [0.25, 0.3) is 0 Å². The van der Waals surface area contributed by atoms with Gasteiger partial charge in [-0.2, -0.15) is 0 Å². The van der Waals surface area contributed by atoms with Gasteiger partial charge >= 0.3 is 0 Å². The van der Waals surface area contributed by atoms with Crippen LogP contribution in [0.3, 0.4) is 0 Å². The zero-order valence-corrected chi connectivity index (χ0v) is 8.36. The van der Waals surface area contributed by atoms with Gasteiger partial charge in [0, 0.05) is 6.54 Å². The second-order valence-electron chi connectivity index (χ2n) is 2.48. The maximum absolute atomic E-state index is 5.84. The summed E-state index contributed by atoms with van der Waals surface area (Å²) in [6, 6.07) is 0. The third kappa shape index (κ3) is 2.37. The zero-order valence-electron chi connectivity index (χ0n) is 6.85. The van der Waals surface area contributed by atoms with Crippen molar-refractivity contribution in [3.8, 4) is 0 Å². The third-order valence-electron chi connectivity index (χ3n) is 1.56. The Morgan fingerprint density at radius 1 is 1.58 bits per heavy atom. The van der Waals surface area contributed by atoms with E-state index < -0.39 is 0 Å². The average molecular weight is 208 g/mol. The second-order valence-corrected chi connectivity index (χ2v) is 3.19. The van der Waals surface area contributed by atoms with Crippen molar-refractivity contribution in [3.63, 3.8) is 0 Å². The smallest absolute Gasteiger partial charge is 0.166 e. The maximum atomic E-state index is 5.84. The summed E-state index contributed by atoms with van der Waals surface area (Å²) >= 11 is 11.5. The van der Waals surface area contributed by atoms with Crippen molar-refractivity contribution in [2.75, 3.05) is 13.6 Å². The van der Waals surface area contributed by atoms with Crippen LogP contribution < -0.4 is 5.32 Å². The van der Waals surface area contributed by atoms with E-state index in [9.17, 15) is 0 Å². The summed E-state index contributed by atoms with van der Waals surface area (Å²) in [5, 5.41) is 3.95. The fourth-order valence-corrected chi connectivity index (χ4v) is 1.25. The first-order valence-corrected chi connectivity index (χ1v) is 4.52. The highest BCUT2D eigenvalue weighted by molar-refractivity contribution is 6.40. The molecule has 0 aliphatic carbocycles. The normalized spacial score (nSPS) is 10.6. The number of rotatable bonds is 4. The number of hydrogen-bond acceptors (Lipinski definition) is 2. The Bertz CT molecular complexity index is 247. The molecule has 0 bridgehead atoms. The van der Waals surface area contributed by atoms with E-state index in [0.29, 0.717) is 10.3 Å². The van der Waals surface area contributed by atoms with Gasteiger partial charge in [0.1, 0.15) is 5.15 Å². The van der Waals surface area contributed by atoms with E-state index in [2.05, 4.69) is 10.3 Å². The molecule has 0 saturated heterocycles. The summed E-state index contributed by atoms with van der Waals surface area (Å²) in [5.41, 5.74) is 0. The molecule has 1 aromatic rings. The van der Waals surface area contributed by atoms with Crippen LogP contribution in [-0.4, -0.2) is 23.1 Å². The molecular formula is C7H11Cl2N3. The Kier molecular flexibility index (Phi) is 3.85. The predicted molar refractivity (Wildman–Crippen MR) is 50.8 cm³/mol. The van der Waals surface area contributed by atoms with E-state index in [1.54, 1.807) is 6.33 Å². The van der Waals surface area contributed by atoms with E-state index in [1.807, 2.05) is 11.6 Å². The Hall–Kier alpha value is -0.250. The average Bonchev–Trinajstić information content (AvgIpc) is 2.36. The van der Waals surface area contributed by atoms with Gasteiger partial charge in [-0.05, 0) is 20.0 Å². The first kappa shape index (κ1) is 9.84. The van der Waals surface area contributed by atoms with Gasteiger partial charge in [0.05, 0.1) is 6.33 Å². The highest BCUT2D eigenvalue weighted by Crippen LogP contribution is 2.19. The summed E-state index contributed by atoms with van der Waals surface area (Å²) < 4.78 is 1.83. The molecule has 0 atom stereocenters. The number of imidazole rings is 1. The van der Waals surface area contributed by atoms with Crippen LogP contribution in [0.5, 0.6) is 0 Å². The van der Waals surface area contributed by atoms with Gasteiger partial charge in [-0.3, -0.25) is 0 Å². The summed E-state index contributed by atoms with van der Waals surface area (Å²) in [7, 11) is 1.92. The van der Waals surface area contributed by atoms with Gasteiger partial charge in [-0.25, -0.2) is 4.98 Å². The molecule has 0 aromatic carbocycles. The monoisotopic (exact) mass is 207 g/mol. The number of hydrogen-bond donors (Lipinski definition) is 1. The fourth-order valence-electron chi connectivity index (χ4n) is 0.925. The molecule has 1 heterocycles. The van der Waals surface area contributed by atoms with Gasteiger partial charge in [-0.15, -0.1) is 0 Å². The van der Waals surface area contributed by atoms with E-state index in [0.717, 1.165) is 19.5 Å². The first-order valence-electron chi connectivity index (χ1n) is 3.76. The number of aromatic nitrogens is 2. The van der Waals surface area contributed by atoms with Crippen LogP contribution in [0, 0.1) is 0 Å². The largest absolute Gasteiger partial charge is 0.320 e. The molecule has 0 saturated carbocycles. The minimum atomic E-state index is 0.376. The standard InChI is InChI=1S/C7H11Cl2N3/c1-10-3-2-4-12-5-11-6(8)7(12)9/h5,10H,2-4H2,1H3. The lowest BCUT2D eigenvalue weighted by Gasteiger charge is -2.02. The molecule has 0 radical (unpaired) electrons. The molecule has 0 fully saturated rings. The van der Waals surface area contributed by atoms with Gasteiger partial charge in [-0.1, -0.05) is 23.2 Å². The molecule has 0 unspecified atom stereocenters. The lowest BCUT2D eigenvalue weighted by Crippen LogP contribution is -2.10. The van der Waals surface area contributed by atoms with Crippen LogP contribution in [0.1, 0.15) is 6.42 Å². The Balaban J connectivity index is 2.46. The predicted octanol–water partition coefficient (Wildman–Crippen LogP) is 1.80. The molecule has 12 heavy (non-hydrogen) atoms. The first-order chi connectivity index (χ1) is 5.75. The molecule has 0 amide bonds. The molecule has 1 N–H and O–H groups in total. The van der Waals surface area contributed by atoms with E-state index >= 15 is 0 Å². The van der Waals surface area contributed by atoms with Crippen LogP contribution >= 0.6 is 23.2 Å². The lowest BCUT2D eigenvalue weighted by molar-refractivity contribution is 0.613. The topological polar surface area (TPSA) is 29.9 Å². The van der Waals surface area contributed by atoms with Crippen LogP contribution in [0.15, 0.2) is 6.33 Å². The van der Waals surface area contributed by atoms with Crippen LogP contribution in [-0.2, 0) is 6.54 Å². The Morgan fingerprint density at radius 2 is 2.33 bits per heavy atom. The highest BCUT2D eigenvalue weighted by atomic mass is 35.5. The quantitative estimate of drug-likeness (QED) is 0.764. The molecule has 1 rings (SSSR count). The molecule has 3 nitrogen and oxygen atoms in total. The minimum absolute atomic E-state index is 0.376. The van der Waals surface area contributed by atoms with E-state index in [4.69, 9.17) is 23.2 Å². The SMILES string of the molecule is CNCCCn1cnc(Cl)c1Cl. The molecular weight excluding hydrogens is 197 g/mol. The summed E-state index contributed by atoms with van der Waals surface area (Å²) in [4.78, 5) is 3.87. The molecule has 0 spiro atoms. The molecule has 0 aliphatic heterocycles. The van der Waals surface area contributed by atoms with Crippen molar-refractivity contribution in [2.24, 2.45) is 0 Å². The third-order valence-corrected chi connectivity index (χ3v) is 2.33. The molecule has 0 aliphatic rings. The van der Waals surface area contributed by atoms with E-state index in [-0.39, 0.29) is 0 Å². The number of halogens is 2. The number of nitrogens with one attached hydrogen (secondary N) is 1. The second kappa shape index (κ2) is 4.70. The molecule has 1 aromatic heterocycles. The Labute approximate surface area is 81.7 Å². The summed E-state index contributed by atoms with van der Waals surface area (Å²) in [6.07, 6.45) is 2.67. The van der Waals surface area contributed by atoms with Crippen molar-refractivity contribution in [2.45, 2.75) is 13.0 Å². The van der Waals surface area contributed by atoms with Crippen molar-refractivity contribution in [3.05, 3.63) is 16.6 Å². The van der Waals surface area contributed by atoms with Crippen LogP contribution in [0.4, 0.5) is 0 Å². The Morgan fingerprint density at radius 3 is 2.83 bits per heavy atom. The van der Waals surface area contributed by atoms with Crippen molar-refractivity contribution in [1.29, 1.82) is 0 Å². The minimum Gasteiger partial charge on any atom is -0.320 e. The van der Waals surface area contributed by atoms with Crippen molar-refractivity contribution < 1.29 is 0 Å². The van der Waals surface area contributed by atoms with Crippen molar-refractivity contribution >= 4 is 23.2 Å². The fraction of sp³-hybridized carbons (Fsp3) is 0.571. The van der Waals surface area contributed by atoms with E-state index in [1.165, 1.54) is 0 Å². The van der Waals surface area contributed by atoms with Gasteiger partial charge in [0.15, 0.2) is 5.15 Å². The maximum Gasteiger partial charge on any atom is 0.166 e. The zero-order chi connectivity index (χ0) is 8.97. The van der Waals surface area contributed by atoms with Crippen LogP contribution in [0.25, 0.3) is 0 Å². The molecule has 5 heteroatoms. The summed E-state index contributed by atoms with van der Waals surface area (Å²) in [6.45, 7) is 1.81. The van der Waals surface area contributed by atoms with Crippen LogP contribution in [0.2, 0.25) is 10.3 Å². The summed E-state index contributed by atoms with van der Waals surface area (Å²) in [5.74, 6) is 0. The number of aryl methyl sites for hydroxylation is 1. The van der Waals surface area contributed by atoms with Gasteiger partial charge < -0.3 is 9.88 Å². The highest BCUT2D eigenvalue weighted by Gasteiger charge is 2.04.